The number of thioether (sulfide) groups is 1. The number of aromatic nitrogens is 1. The van der Waals surface area contributed by atoms with Crippen LogP contribution in [0.3, 0.4) is 0 Å². The number of aldehydes is 1. The van der Waals surface area contributed by atoms with Gasteiger partial charge in [-0.3, -0.25) is 19.4 Å². The van der Waals surface area contributed by atoms with Crippen LogP contribution >= 0.6 is 11.8 Å². The lowest BCUT2D eigenvalue weighted by molar-refractivity contribution is -0.110. The van der Waals surface area contributed by atoms with Gasteiger partial charge in [-0.05, 0) is 49.3 Å². The number of carbonyl (C=O) groups is 3. The van der Waals surface area contributed by atoms with Crippen LogP contribution in [-0.4, -0.2) is 86.5 Å². The molecule has 0 atom stereocenters. The van der Waals surface area contributed by atoms with Gasteiger partial charge in [-0.25, -0.2) is 4.98 Å². The minimum atomic E-state index is -0.135. The van der Waals surface area contributed by atoms with Crippen LogP contribution in [0.1, 0.15) is 41.9 Å². The van der Waals surface area contributed by atoms with Crippen LogP contribution in [0.25, 0.3) is 0 Å². The van der Waals surface area contributed by atoms with E-state index >= 15 is 0 Å². The minimum Gasteiger partial charge on any atom is -0.357 e. The first kappa shape index (κ1) is 30.7. The molecular weight excluding hydrogens is 502 g/mol. The van der Waals surface area contributed by atoms with Crippen molar-refractivity contribution >= 4 is 42.4 Å². The highest BCUT2D eigenvalue weighted by molar-refractivity contribution is 7.98. The molecule has 1 aliphatic rings. The predicted molar refractivity (Wildman–Crippen MR) is 153 cm³/mol. The summed E-state index contributed by atoms with van der Waals surface area (Å²) < 4.78 is 0. The molecule has 0 unspecified atom stereocenters. The molecule has 2 N–H and O–H groups in total. The zero-order valence-corrected chi connectivity index (χ0v) is 23.4. The fourth-order valence-electron chi connectivity index (χ4n) is 4.03. The molecule has 0 spiro atoms. The van der Waals surface area contributed by atoms with E-state index in [4.69, 9.17) is 4.98 Å². The Hall–Kier alpha value is -3.49. The second-order valence-corrected chi connectivity index (χ2v) is 10.5. The molecule has 204 valence electrons. The summed E-state index contributed by atoms with van der Waals surface area (Å²) >= 11 is 1.65. The van der Waals surface area contributed by atoms with Gasteiger partial charge in [0.25, 0.3) is 0 Å². The van der Waals surface area contributed by atoms with Gasteiger partial charge in [0.1, 0.15) is 17.6 Å². The number of rotatable bonds is 16. The summed E-state index contributed by atoms with van der Waals surface area (Å²) in [6, 6.07) is 4.18. The number of anilines is 1. The van der Waals surface area contributed by atoms with Crippen molar-refractivity contribution in [3.05, 3.63) is 46.9 Å². The molecule has 0 radical (unpaired) electrons. The molecule has 2 rings (SSSR count). The van der Waals surface area contributed by atoms with E-state index in [2.05, 4.69) is 46.5 Å². The molecule has 0 aliphatic carbocycles. The summed E-state index contributed by atoms with van der Waals surface area (Å²) in [4.78, 5) is 46.7. The molecule has 2 heterocycles. The topological polar surface area (TPSA) is 131 Å². The first-order valence-corrected chi connectivity index (χ1v) is 13.8. The number of carbonyl (C=O) groups excluding carboxylic acids is 3. The zero-order valence-electron chi connectivity index (χ0n) is 22.6. The number of nitrogens with zero attached hydrogens (tertiary/aromatic N) is 5. The van der Waals surface area contributed by atoms with Gasteiger partial charge in [-0.1, -0.05) is 13.8 Å². The largest absolute Gasteiger partial charge is 0.357 e. The normalized spacial score (nSPS) is 15.2. The molecule has 38 heavy (non-hydrogen) atoms. The monoisotopic (exact) mass is 539 g/mol. The Morgan fingerprint density at radius 3 is 2.76 bits per heavy atom. The number of allylic oxidation sites excluding steroid dienone is 2. The second-order valence-electron chi connectivity index (χ2n) is 9.50. The van der Waals surface area contributed by atoms with Crippen LogP contribution in [0.2, 0.25) is 0 Å². The number of fused-ring (bicyclic) bond motifs is 1. The van der Waals surface area contributed by atoms with Crippen LogP contribution in [0.4, 0.5) is 5.82 Å². The predicted octanol–water partition coefficient (Wildman–Crippen LogP) is 2.07. The van der Waals surface area contributed by atoms with Crippen LogP contribution < -0.4 is 15.5 Å². The van der Waals surface area contributed by atoms with Gasteiger partial charge in [0.15, 0.2) is 6.29 Å². The molecule has 1 aromatic heterocycles. The Kier molecular flexibility index (Phi) is 12.7. The molecule has 10 nitrogen and oxygen atoms in total. The molecule has 1 aliphatic heterocycles. The maximum Gasteiger partial charge on any atom is 0.211 e. The fraction of sp³-hybridized carbons (Fsp3) is 0.481. The summed E-state index contributed by atoms with van der Waals surface area (Å²) in [5, 5.41) is 14.7. The van der Waals surface area contributed by atoms with Crippen LogP contribution in [0.5, 0.6) is 0 Å². The first-order valence-electron chi connectivity index (χ1n) is 12.4. The lowest BCUT2D eigenvalue weighted by Gasteiger charge is -2.38. The molecule has 2 amide bonds. The van der Waals surface area contributed by atoms with Gasteiger partial charge in [-0.15, -0.1) is 0 Å². The van der Waals surface area contributed by atoms with Crippen molar-refractivity contribution < 1.29 is 14.4 Å². The average Bonchev–Trinajstić information content (AvgIpc) is 2.91. The van der Waals surface area contributed by atoms with Crippen LogP contribution in [0.15, 0.2) is 35.1 Å². The number of pyridine rings is 1. The third-order valence-corrected chi connectivity index (χ3v) is 6.96. The maximum absolute atomic E-state index is 12.0. The highest BCUT2D eigenvalue weighted by Crippen LogP contribution is 2.39. The van der Waals surface area contributed by atoms with E-state index in [1.807, 2.05) is 24.4 Å². The Morgan fingerprint density at radius 2 is 2.11 bits per heavy atom. The maximum atomic E-state index is 12.0. The van der Waals surface area contributed by atoms with Crippen molar-refractivity contribution in [3.63, 3.8) is 0 Å². The second kappa shape index (κ2) is 15.7. The third-order valence-electron chi connectivity index (χ3n) is 6.37. The van der Waals surface area contributed by atoms with Crippen LogP contribution in [0, 0.1) is 11.3 Å². The number of nitriles is 1. The summed E-state index contributed by atoms with van der Waals surface area (Å²) in [5.74, 6) is 1.51. The number of amides is 2. The number of hydrogen-bond donors (Lipinski definition) is 2. The zero-order chi connectivity index (χ0) is 28.0. The van der Waals surface area contributed by atoms with E-state index in [1.165, 1.54) is 6.20 Å². The SMILES string of the molecule is CSCCN=C(/C=C/N1CCC(C)(C)c2cc(CCN(C)CCNC=O)c(C=O)nc21)C(C#N)=CNC=O. The van der Waals surface area contributed by atoms with Gasteiger partial charge in [-0.2, -0.15) is 17.0 Å². The Balaban J connectivity index is 2.39. The number of aliphatic imine (C=N–C) groups is 1. The van der Waals surface area contributed by atoms with Crippen molar-refractivity contribution in [2.75, 3.05) is 56.7 Å². The van der Waals surface area contributed by atoms with Crippen molar-refractivity contribution in [2.45, 2.75) is 32.1 Å². The Labute approximate surface area is 229 Å². The van der Waals surface area contributed by atoms with Crippen molar-refractivity contribution in [1.82, 2.24) is 20.5 Å². The molecular formula is C27H37N7O3S. The Morgan fingerprint density at radius 1 is 1.32 bits per heavy atom. The third kappa shape index (κ3) is 8.82. The lowest BCUT2D eigenvalue weighted by Crippen LogP contribution is -2.36. The summed E-state index contributed by atoms with van der Waals surface area (Å²) in [6.45, 7) is 7.55. The van der Waals surface area contributed by atoms with Gasteiger partial charge >= 0.3 is 0 Å². The van der Waals surface area contributed by atoms with Crippen molar-refractivity contribution in [2.24, 2.45) is 4.99 Å². The van der Waals surface area contributed by atoms with E-state index in [0.29, 0.717) is 62.6 Å². The molecule has 11 heteroatoms. The molecule has 0 aromatic carbocycles. The number of hydrogen-bond acceptors (Lipinski definition) is 9. The smallest absolute Gasteiger partial charge is 0.211 e. The summed E-state index contributed by atoms with van der Waals surface area (Å²) in [5.41, 5.74) is 2.92. The fourth-order valence-corrected chi connectivity index (χ4v) is 4.30. The standard InChI is InChI=1S/C27H37N7O3S/c1-27(2)7-12-34(11-6-24(31-9-14-38-4)22(16-28)17-30-20-37)26-23(27)15-21(25(18-35)32-26)5-10-33(3)13-8-29-19-36/h6,11,15,17-20H,5,7-10,12-14H2,1-4H3,(H,29,36)(H,30,37)/b11-6+,22-17?,31-24?. The summed E-state index contributed by atoms with van der Waals surface area (Å²) in [7, 11) is 1.97. The molecule has 1 aromatic rings. The molecule has 0 saturated carbocycles. The quantitative estimate of drug-likeness (QED) is 0.141. The molecule has 0 fully saturated rings. The van der Waals surface area contributed by atoms with Crippen molar-refractivity contribution in [1.29, 1.82) is 5.26 Å². The highest BCUT2D eigenvalue weighted by atomic mass is 32.2. The van der Waals surface area contributed by atoms with Crippen LogP contribution in [-0.2, 0) is 21.4 Å². The van der Waals surface area contributed by atoms with E-state index < -0.39 is 0 Å². The number of nitrogens with one attached hydrogen (secondary N) is 2. The van der Waals surface area contributed by atoms with E-state index in [1.54, 1.807) is 17.8 Å². The highest BCUT2D eigenvalue weighted by Gasteiger charge is 2.33. The molecule has 0 bridgehead atoms. The lowest BCUT2D eigenvalue weighted by atomic mass is 9.78. The van der Waals surface area contributed by atoms with Crippen molar-refractivity contribution in [3.8, 4) is 6.07 Å². The van der Waals surface area contributed by atoms with Gasteiger partial charge in [0.05, 0.1) is 11.3 Å². The van der Waals surface area contributed by atoms with Gasteiger partial charge < -0.3 is 20.4 Å². The van der Waals surface area contributed by atoms with Gasteiger partial charge in [0, 0.05) is 56.4 Å². The van der Waals surface area contributed by atoms with E-state index in [-0.39, 0.29) is 11.0 Å². The molecule has 0 saturated heterocycles. The first-order chi connectivity index (χ1) is 18.3. The number of likely N-dealkylation sites (N-methyl/N-ethyl adjacent to an activating group) is 1. The van der Waals surface area contributed by atoms with E-state index in [9.17, 15) is 19.6 Å². The van der Waals surface area contributed by atoms with E-state index in [0.717, 1.165) is 36.1 Å². The average molecular weight is 540 g/mol. The minimum absolute atomic E-state index is 0.135. The Bertz CT molecular complexity index is 1110. The summed E-state index contributed by atoms with van der Waals surface area (Å²) in [6.07, 6.45) is 10.4. The van der Waals surface area contributed by atoms with Gasteiger partial charge in [0.2, 0.25) is 12.8 Å².